The molecule has 0 radical (unpaired) electrons. The number of methoxy groups -OCH3 is 2. The Bertz CT molecular complexity index is 1710. The second-order valence-electron chi connectivity index (χ2n) is 8.73. The van der Waals surface area contributed by atoms with E-state index in [4.69, 9.17) is 19.3 Å². The first-order valence-electron chi connectivity index (χ1n) is 11.6. The molecular weight excluding hydrogens is 475 g/mol. The number of oxazole rings is 1. The zero-order chi connectivity index (χ0) is 26.1. The third-order valence-corrected chi connectivity index (χ3v) is 6.26. The molecule has 2 aromatic heterocycles. The lowest BCUT2D eigenvalue weighted by Gasteiger charge is -2.14. The van der Waals surface area contributed by atoms with E-state index in [0.29, 0.717) is 34.5 Å². The number of hydrogen-bond donors (Lipinski definition) is 1. The van der Waals surface area contributed by atoms with Crippen LogP contribution in [-0.2, 0) is 13.1 Å². The van der Waals surface area contributed by atoms with E-state index < -0.39 is 0 Å². The summed E-state index contributed by atoms with van der Waals surface area (Å²) in [6.07, 6.45) is 4.61. The van der Waals surface area contributed by atoms with Crippen LogP contribution in [0.25, 0.3) is 22.0 Å². The Morgan fingerprint density at radius 3 is 2.30 bits per heavy atom. The van der Waals surface area contributed by atoms with Gasteiger partial charge < -0.3 is 13.9 Å². The summed E-state index contributed by atoms with van der Waals surface area (Å²) >= 11 is 0. The monoisotopic (exact) mass is 500 g/mol. The molecule has 9 heteroatoms. The Morgan fingerprint density at radius 1 is 0.946 bits per heavy atom. The molecule has 0 aliphatic carbocycles. The quantitative estimate of drug-likeness (QED) is 0.355. The first-order chi connectivity index (χ1) is 17.9. The second kappa shape index (κ2) is 9.77. The molecule has 3 aromatic carbocycles. The van der Waals surface area contributed by atoms with Gasteiger partial charge in [-0.05, 0) is 65.6 Å². The molecule has 0 spiro atoms. The fraction of sp³-hybridized carbons (Fsp3) is 0.179. The fourth-order valence-corrected chi connectivity index (χ4v) is 4.45. The first kappa shape index (κ1) is 24.1. The first-order valence-corrected chi connectivity index (χ1v) is 11.6. The molecule has 1 N–H and O–H groups in total. The van der Waals surface area contributed by atoms with Crippen LogP contribution in [0, 0.1) is 18.2 Å². The van der Waals surface area contributed by atoms with Gasteiger partial charge in [0.05, 0.1) is 44.5 Å². The van der Waals surface area contributed by atoms with Crippen molar-refractivity contribution in [3.63, 3.8) is 0 Å². The van der Waals surface area contributed by atoms with Crippen molar-refractivity contribution in [1.82, 2.24) is 14.1 Å². The highest BCUT2D eigenvalue weighted by Gasteiger charge is 2.15. The van der Waals surface area contributed by atoms with Crippen LogP contribution < -0.4 is 20.7 Å². The zero-order valence-electron chi connectivity index (χ0n) is 20.6. The molecule has 37 heavy (non-hydrogen) atoms. The van der Waals surface area contributed by atoms with E-state index in [9.17, 15) is 9.18 Å². The lowest BCUT2D eigenvalue weighted by atomic mass is 9.96. The smallest absolute Gasteiger partial charge is 0.293 e. The zero-order valence-corrected chi connectivity index (χ0v) is 20.6. The van der Waals surface area contributed by atoms with Crippen molar-refractivity contribution in [3.05, 3.63) is 106 Å². The number of ether oxygens (including phenoxy) is 2. The largest absolute Gasteiger partial charge is 0.497 e. The number of benzene rings is 3. The maximum Gasteiger partial charge on any atom is 0.293 e. The Labute approximate surface area is 211 Å². The Balaban J connectivity index is 1.68. The van der Waals surface area contributed by atoms with E-state index in [1.807, 2.05) is 25.1 Å². The standard InChI is InChI=1S/C28H25FN4O4/c1-17-8-20(29)4-5-23(17)24-11-19(14-32-6-7-37-28(32)30)12-25-26(24)31-16-33(27(25)34)15-18-9-21(35-2)13-22(10-18)36-3/h4-13,16,30H,14-15H2,1-3H3. The number of rotatable bonds is 7. The molecule has 0 bridgehead atoms. The highest BCUT2D eigenvalue weighted by atomic mass is 19.1. The van der Waals surface area contributed by atoms with Gasteiger partial charge in [0.2, 0.25) is 0 Å². The van der Waals surface area contributed by atoms with E-state index in [1.54, 1.807) is 43.2 Å². The average Bonchev–Trinajstić information content (AvgIpc) is 3.29. The molecule has 0 aliphatic heterocycles. The van der Waals surface area contributed by atoms with Gasteiger partial charge in [0.25, 0.3) is 11.2 Å². The number of aromatic nitrogens is 3. The molecular formula is C28H25FN4O4. The van der Waals surface area contributed by atoms with Crippen molar-refractivity contribution >= 4 is 10.9 Å². The van der Waals surface area contributed by atoms with E-state index >= 15 is 0 Å². The van der Waals surface area contributed by atoms with Gasteiger partial charge in [-0.2, -0.15) is 0 Å². The van der Waals surface area contributed by atoms with Gasteiger partial charge in [0.15, 0.2) is 0 Å². The van der Waals surface area contributed by atoms with Gasteiger partial charge in [-0.15, -0.1) is 0 Å². The summed E-state index contributed by atoms with van der Waals surface area (Å²) in [5.41, 5.74) is 4.11. The summed E-state index contributed by atoms with van der Waals surface area (Å²) in [6, 6.07) is 13.7. The van der Waals surface area contributed by atoms with Gasteiger partial charge in [-0.3, -0.25) is 19.3 Å². The van der Waals surface area contributed by atoms with E-state index in [2.05, 4.69) is 4.98 Å². The normalized spacial score (nSPS) is 11.1. The molecule has 0 fully saturated rings. The molecule has 5 rings (SSSR count). The highest BCUT2D eigenvalue weighted by molar-refractivity contribution is 5.94. The second-order valence-corrected chi connectivity index (χ2v) is 8.73. The van der Waals surface area contributed by atoms with Crippen LogP contribution in [0.15, 0.2) is 76.5 Å². The third-order valence-electron chi connectivity index (χ3n) is 6.26. The molecule has 0 amide bonds. The van der Waals surface area contributed by atoms with Crippen molar-refractivity contribution in [1.29, 1.82) is 5.41 Å². The average molecular weight is 501 g/mol. The van der Waals surface area contributed by atoms with Crippen molar-refractivity contribution in [2.24, 2.45) is 0 Å². The number of aryl methyl sites for hydroxylation is 1. The van der Waals surface area contributed by atoms with Gasteiger partial charge >= 0.3 is 0 Å². The van der Waals surface area contributed by atoms with Crippen molar-refractivity contribution in [3.8, 4) is 22.6 Å². The highest BCUT2D eigenvalue weighted by Crippen LogP contribution is 2.31. The predicted octanol–water partition coefficient (Wildman–Crippen LogP) is 4.50. The van der Waals surface area contributed by atoms with Crippen LogP contribution >= 0.6 is 0 Å². The predicted molar refractivity (Wildman–Crippen MR) is 136 cm³/mol. The maximum atomic E-state index is 13.9. The lowest BCUT2D eigenvalue weighted by Crippen LogP contribution is -2.22. The van der Waals surface area contributed by atoms with Crippen LogP contribution in [0.3, 0.4) is 0 Å². The van der Waals surface area contributed by atoms with E-state index in [1.165, 1.54) is 29.3 Å². The number of nitrogens with one attached hydrogen (secondary N) is 1. The van der Waals surface area contributed by atoms with Crippen LogP contribution in [0.1, 0.15) is 16.7 Å². The molecule has 2 heterocycles. The molecule has 188 valence electrons. The van der Waals surface area contributed by atoms with Gasteiger partial charge in [0.1, 0.15) is 23.6 Å². The Hall–Kier alpha value is -4.66. The Kier molecular flexibility index (Phi) is 6.35. The molecule has 0 saturated heterocycles. The SMILES string of the molecule is COc1cc(Cn2cnc3c(-c4ccc(F)cc4C)cc(Cn4ccoc4=N)cc3c2=O)cc(OC)c1. The van der Waals surface area contributed by atoms with Gasteiger partial charge in [0, 0.05) is 17.8 Å². The molecule has 0 aliphatic rings. The van der Waals surface area contributed by atoms with Crippen molar-refractivity contribution < 1.29 is 18.3 Å². The van der Waals surface area contributed by atoms with E-state index in [-0.39, 0.29) is 23.6 Å². The number of fused-ring (bicyclic) bond motifs is 1. The number of halogens is 1. The minimum Gasteiger partial charge on any atom is -0.497 e. The summed E-state index contributed by atoms with van der Waals surface area (Å²) in [4.78, 5) is 18.4. The van der Waals surface area contributed by atoms with Gasteiger partial charge in [-0.25, -0.2) is 9.37 Å². The molecule has 0 unspecified atom stereocenters. The van der Waals surface area contributed by atoms with E-state index in [0.717, 1.165) is 22.3 Å². The fourth-order valence-electron chi connectivity index (χ4n) is 4.45. The van der Waals surface area contributed by atoms with Crippen LogP contribution in [0.2, 0.25) is 0 Å². The molecule has 5 aromatic rings. The van der Waals surface area contributed by atoms with Crippen LogP contribution in [0.4, 0.5) is 4.39 Å². The van der Waals surface area contributed by atoms with Gasteiger partial charge in [-0.1, -0.05) is 6.07 Å². The molecule has 8 nitrogen and oxygen atoms in total. The summed E-state index contributed by atoms with van der Waals surface area (Å²) in [7, 11) is 3.15. The summed E-state index contributed by atoms with van der Waals surface area (Å²) in [5, 5.41) is 8.38. The topological polar surface area (TPSA) is 95.3 Å². The summed E-state index contributed by atoms with van der Waals surface area (Å²) in [6.45, 7) is 2.40. The molecule has 0 atom stereocenters. The van der Waals surface area contributed by atoms with Crippen LogP contribution in [0.5, 0.6) is 11.5 Å². The number of nitrogens with zero attached hydrogens (tertiary/aromatic N) is 3. The summed E-state index contributed by atoms with van der Waals surface area (Å²) in [5.74, 6) is 0.908. The summed E-state index contributed by atoms with van der Waals surface area (Å²) < 4.78 is 32.8. The minimum absolute atomic E-state index is 0.00446. The maximum absolute atomic E-state index is 13.9. The number of hydrogen-bond acceptors (Lipinski definition) is 6. The Morgan fingerprint density at radius 2 is 1.65 bits per heavy atom. The van der Waals surface area contributed by atoms with Crippen molar-refractivity contribution in [2.75, 3.05) is 14.2 Å². The molecule has 0 saturated carbocycles. The van der Waals surface area contributed by atoms with Crippen LogP contribution in [-0.4, -0.2) is 28.3 Å². The minimum atomic E-state index is -0.335. The lowest BCUT2D eigenvalue weighted by molar-refractivity contribution is 0.393. The third kappa shape index (κ3) is 4.75. The van der Waals surface area contributed by atoms with Crippen molar-refractivity contribution in [2.45, 2.75) is 20.0 Å².